The lowest BCUT2D eigenvalue weighted by Crippen LogP contribution is -2.49. The first kappa shape index (κ1) is 16.1. The van der Waals surface area contributed by atoms with Gasteiger partial charge in [-0.25, -0.2) is 5.01 Å². The van der Waals surface area contributed by atoms with Gasteiger partial charge in [0, 0.05) is 47.9 Å². The Balaban J connectivity index is 1.49. The van der Waals surface area contributed by atoms with Crippen LogP contribution in [0.2, 0.25) is 0 Å². The van der Waals surface area contributed by atoms with Crippen LogP contribution in [0.15, 0.2) is 60.8 Å². The van der Waals surface area contributed by atoms with Gasteiger partial charge in [-0.2, -0.15) is 0 Å². The van der Waals surface area contributed by atoms with E-state index >= 15 is 0 Å². The molecule has 5 nitrogen and oxygen atoms in total. The first-order valence-corrected chi connectivity index (χ1v) is 8.56. The number of aromatic nitrogens is 1. The lowest BCUT2D eigenvalue weighted by atomic mass is 10.0. The Bertz CT molecular complexity index is 1030. The van der Waals surface area contributed by atoms with Gasteiger partial charge in [0.2, 0.25) is 0 Å². The number of hydrogen-bond acceptors (Lipinski definition) is 2. The van der Waals surface area contributed by atoms with Gasteiger partial charge in [-0.05, 0) is 30.2 Å². The van der Waals surface area contributed by atoms with E-state index in [1.54, 1.807) is 12.1 Å². The molecule has 4 rings (SSSR count). The van der Waals surface area contributed by atoms with E-state index in [9.17, 15) is 9.59 Å². The van der Waals surface area contributed by atoms with Crippen molar-refractivity contribution in [3.8, 4) is 0 Å². The average Bonchev–Trinajstić information content (AvgIpc) is 2.99. The van der Waals surface area contributed by atoms with E-state index in [0.29, 0.717) is 12.1 Å². The van der Waals surface area contributed by atoms with Crippen molar-refractivity contribution < 1.29 is 9.59 Å². The Hall–Kier alpha value is -3.34. The summed E-state index contributed by atoms with van der Waals surface area (Å²) < 4.78 is 2.03. The summed E-state index contributed by atoms with van der Waals surface area (Å²) in [6.07, 6.45) is 5.96. The maximum absolute atomic E-state index is 12.5. The van der Waals surface area contributed by atoms with E-state index in [1.165, 1.54) is 11.1 Å². The van der Waals surface area contributed by atoms with Gasteiger partial charge >= 0.3 is 0 Å². The van der Waals surface area contributed by atoms with Crippen LogP contribution in [-0.2, 0) is 18.3 Å². The van der Waals surface area contributed by atoms with Crippen molar-refractivity contribution in [2.24, 2.45) is 7.05 Å². The summed E-state index contributed by atoms with van der Waals surface area (Å²) in [5.74, 6) is -0.482. The fraction of sp³-hybridized carbons (Fsp3) is 0.143. The van der Waals surface area contributed by atoms with Crippen molar-refractivity contribution in [1.82, 2.24) is 15.0 Å². The number of nitrogens with one attached hydrogen (secondary N) is 1. The Labute approximate surface area is 151 Å². The maximum atomic E-state index is 12.5. The molecule has 5 heteroatoms. The minimum absolute atomic E-state index is 0.168. The third-order valence-electron chi connectivity index (χ3n) is 4.68. The molecule has 0 aliphatic carbocycles. The Morgan fingerprint density at radius 3 is 2.77 bits per heavy atom. The van der Waals surface area contributed by atoms with Crippen molar-refractivity contribution >= 4 is 28.8 Å². The van der Waals surface area contributed by atoms with Gasteiger partial charge in [0.15, 0.2) is 0 Å². The Kier molecular flexibility index (Phi) is 4.05. The number of carbonyl (C=O) groups excluding carboxylic acids is 2. The monoisotopic (exact) mass is 345 g/mol. The molecule has 3 aromatic rings. The van der Waals surface area contributed by atoms with Gasteiger partial charge in [0.25, 0.3) is 11.8 Å². The molecule has 26 heavy (non-hydrogen) atoms. The van der Waals surface area contributed by atoms with Crippen LogP contribution in [0.4, 0.5) is 0 Å². The molecule has 0 saturated carbocycles. The smallest absolute Gasteiger partial charge is 0.272 e. The quantitative estimate of drug-likeness (QED) is 0.742. The van der Waals surface area contributed by atoms with Crippen molar-refractivity contribution in [2.75, 3.05) is 6.54 Å². The fourth-order valence-electron chi connectivity index (χ4n) is 3.37. The number of benzene rings is 2. The van der Waals surface area contributed by atoms with Crippen LogP contribution in [0.25, 0.3) is 17.0 Å². The maximum Gasteiger partial charge on any atom is 0.272 e. The van der Waals surface area contributed by atoms with Crippen molar-refractivity contribution in [2.45, 2.75) is 6.42 Å². The summed E-state index contributed by atoms with van der Waals surface area (Å²) in [6.45, 7) is 0.476. The molecular weight excluding hydrogens is 326 g/mol. The zero-order valence-electron chi connectivity index (χ0n) is 14.5. The molecule has 0 atom stereocenters. The average molecular weight is 345 g/mol. The molecule has 2 amide bonds. The second kappa shape index (κ2) is 6.52. The van der Waals surface area contributed by atoms with Crippen LogP contribution in [0.3, 0.4) is 0 Å². The highest BCUT2D eigenvalue weighted by atomic mass is 16.2. The standard InChI is InChI=1S/C21H19N3O2/c1-23-14-16(17-7-4-5-9-19(17)23)10-11-20(25)22-24-13-12-15-6-2-3-8-18(15)21(24)26/h2-11,14H,12-13H2,1H3,(H,22,25)/b11-10+. The summed E-state index contributed by atoms with van der Waals surface area (Å²) in [5, 5.41) is 2.47. The van der Waals surface area contributed by atoms with E-state index < -0.39 is 0 Å². The van der Waals surface area contributed by atoms with Crippen LogP contribution in [0, 0.1) is 0 Å². The molecule has 130 valence electrons. The van der Waals surface area contributed by atoms with Crippen LogP contribution < -0.4 is 5.43 Å². The lowest BCUT2D eigenvalue weighted by molar-refractivity contribution is -0.120. The van der Waals surface area contributed by atoms with Gasteiger partial charge in [-0.15, -0.1) is 0 Å². The van der Waals surface area contributed by atoms with Crippen molar-refractivity contribution in [3.05, 3.63) is 77.5 Å². The highest BCUT2D eigenvalue weighted by Gasteiger charge is 2.24. The first-order chi connectivity index (χ1) is 12.6. The number of fused-ring (bicyclic) bond motifs is 2. The Morgan fingerprint density at radius 2 is 1.88 bits per heavy atom. The molecular formula is C21H19N3O2. The lowest BCUT2D eigenvalue weighted by Gasteiger charge is -2.28. The molecule has 1 N–H and O–H groups in total. The van der Waals surface area contributed by atoms with Crippen molar-refractivity contribution in [1.29, 1.82) is 0 Å². The number of para-hydroxylation sites is 1. The minimum atomic E-state index is -0.314. The first-order valence-electron chi connectivity index (χ1n) is 8.56. The fourth-order valence-corrected chi connectivity index (χ4v) is 3.37. The number of hydrogen-bond donors (Lipinski definition) is 1. The number of amides is 2. The molecule has 0 bridgehead atoms. The topological polar surface area (TPSA) is 54.3 Å². The minimum Gasteiger partial charge on any atom is -0.350 e. The zero-order valence-corrected chi connectivity index (χ0v) is 14.5. The highest BCUT2D eigenvalue weighted by Crippen LogP contribution is 2.21. The van der Waals surface area contributed by atoms with Gasteiger partial charge in [0.05, 0.1) is 0 Å². The normalized spacial score (nSPS) is 14.0. The molecule has 2 heterocycles. The Morgan fingerprint density at radius 1 is 1.12 bits per heavy atom. The zero-order chi connectivity index (χ0) is 18.1. The third kappa shape index (κ3) is 2.88. The van der Waals surface area contributed by atoms with E-state index in [-0.39, 0.29) is 11.8 Å². The molecule has 0 unspecified atom stereocenters. The number of hydrazine groups is 1. The summed E-state index contributed by atoms with van der Waals surface area (Å²) in [4.78, 5) is 24.8. The van der Waals surface area contributed by atoms with Gasteiger partial charge in [-0.1, -0.05) is 36.4 Å². The van der Waals surface area contributed by atoms with E-state index in [0.717, 1.165) is 28.5 Å². The van der Waals surface area contributed by atoms with E-state index in [4.69, 9.17) is 0 Å². The predicted molar refractivity (Wildman–Crippen MR) is 101 cm³/mol. The van der Waals surface area contributed by atoms with Gasteiger partial charge in [0.1, 0.15) is 0 Å². The summed E-state index contributed by atoms with van der Waals surface area (Å²) in [7, 11) is 1.98. The molecule has 2 aromatic carbocycles. The highest BCUT2D eigenvalue weighted by molar-refractivity contribution is 6.00. The van der Waals surface area contributed by atoms with Crippen LogP contribution >= 0.6 is 0 Å². The van der Waals surface area contributed by atoms with Gasteiger partial charge < -0.3 is 4.57 Å². The number of carbonyl (C=O) groups is 2. The number of rotatable bonds is 3. The second-order valence-corrected chi connectivity index (χ2v) is 6.39. The van der Waals surface area contributed by atoms with Crippen LogP contribution in [0.1, 0.15) is 21.5 Å². The van der Waals surface area contributed by atoms with E-state index in [1.807, 2.05) is 60.3 Å². The molecule has 0 saturated heterocycles. The van der Waals surface area contributed by atoms with Gasteiger partial charge in [-0.3, -0.25) is 15.0 Å². The largest absolute Gasteiger partial charge is 0.350 e. The molecule has 1 aromatic heterocycles. The second-order valence-electron chi connectivity index (χ2n) is 6.39. The molecule has 1 aliphatic heterocycles. The molecule has 0 fully saturated rings. The summed E-state index contributed by atoms with van der Waals surface area (Å²) in [5.41, 5.74) is 6.43. The number of nitrogens with zero attached hydrogens (tertiary/aromatic N) is 2. The number of aryl methyl sites for hydroxylation is 1. The summed E-state index contributed by atoms with van der Waals surface area (Å²) in [6, 6.07) is 15.5. The SMILES string of the molecule is Cn1cc(/C=C/C(=O)NN2CCc3ccccc3C2=O)c2ccccc21. The molecule has 1 aliphatic rings. The van der Waals surface area contributed by atoms with Crippen molar-refractivity contribution in [3.63, 3.8) is 0 Å². The van der Waals surface area contributed by atoms with Crippen LogP contribution in [0.5, 0.6) is 0 Å². The molecule has 0 radical (unpaired) electrons. The summed E-state index contributed by atoms with van der Waals surface area (Å²) >= 11 is 0. The van der Waals surface area contributed by atoms with Crippen LogP contribution in [-0.4, -0.2) is 27.9 Å². The molecule has 0 spiro atoms. The predicted octanol–water partition coefficient (Wildman–Crippen LogP) is 2.92. The third-order valence-corrected chi connectivity index (χ3v) is 4.68. The van der Waals surface area contributed by atoms with E-state index in [2.05, 4.69) is 5.43 Å².